The summed E-state index contributed by atoms with van der Waals surface area (Å²) in [5.74, 6) is -0.890. The molecule has 0 radical (unpaired) electrons. The number of thioether (sulfide) groups is 1. The first-order valence-electron chi connectivity index (χ1n) is 12.0. The van der Waals surface area contributed by atoms with Gasteiger partial charge in [0.1, 0.15) is 23.3 Å². The van der Waals surface area contributed by atoms with Crippen LogP contribution >= 0.6 is 11.8 Å². The molecular formula is C26H35NO6S. The second-order valence-corrected chi connectivity index (χ2v) is 11.2. The van der Waals surface area contributed by atoms with Gasteiger partial charge in [0.25, 0.3) is 0 Å². The molecule has 3 rings (SSSR count). The number of benzene rings is 1. The van der Waals surface area contributed by atoms with E-state index in [-0.39, 0.29) is 18.0 Å². The molecule has 0 saturated carbocycles. The molecule has 3 atom stereocenters. The Morgan fingerprint density at radius 2 is 1.71 bits per heavy atom. The predicted octanol–water partition coefficient (Wildman–Crippen LogP) is 4.12. The van der Waals surface area contributed by atoms with Gasteiger partial charge in [0.2, 0.25) is 0 Å². The molecule has 1 amide bonds. The van der Waals surface area contributed by atoms with E-state index in [9.17, 15) is 19.2 Å². The molecule has 34 heavy (non-hydrogen) atoms. The Morgan fingerprint density at radius 1 is 1.09 bits per heavy atom. The van der Waals surface area contributed by atoms with Gasteiger partial charge in [0.15, 0.2) is 0 Å². The van der Waals surface area contributed by atoms with Gasteiger partial charge in [0.05, 0.1) is 17.9 Å². The molecule has 2 heterocycles. The van der Waals surface area contributed by atoms with E-state index in [1.165, 1.54) is 0 Å². The maximum absolute atomic E-state index is 12.9. The average molecular weight is 490 g/mol. The summed E-state index contributed by atoms with van der Waals surface area (Å²) >= 11 is 1.76. The summed E-state index contributed by atoms with van der Waals surface area (Å²) in [4.78, 5) is 51.4. The van der Waals surface area contributed by atoms with Gasteiger partial charge in [-0.2, -0.15) is 11.8 Å². The number of amides is 1. The largest absolute Gasteiger partial charge is 0.460 e. The van der Waals surface area contributed by atoms with Crippen molar-refractivity contribution in [1.82, 2.24) is 5.32 Å². The molecule has 0 aromatic heterocycles. The van der Waals surface area contributed by atoms with E-state index in [0.717, 1.165) is 17.1 Å². The third-order valence-corrected chi connectivity index (χ3v) is 7.18. The van der Waals surface area contributed by atoms with Crippen LogP contribution in [-0.2, 0) is 30.3 Å². The first kappa shape index (κ1) is 26.3. The molecule has 2 aliphatic heterocycles. The lowest BCUT2D eigenvalue weighted by molar-refractivity contribution is -0.150. The number of rotatable bonds is 5. The van der Waals surface area contributed by atoms with Crippen LogP contribution in [0.2, 0.25) is 0 Å². The summed E-state index contributed by atoms with van der Waals surface area (Å²) in [5, 5.41) is 2.86. The van der Waals surface area contributed by atoms with E-state index in [2.05, 4.69) is 5.32 Å². The lowest BCUT2D eigenvalue weighted by Crippen LogP contribution is -2.46. The average Bonchev–Trinajstić information content (AvgIpc) is 3.13. The highest BCUT2D eigenvalue weighted by molar-refractivity contribution is 7.99. The molecule has 1 aromatic rings. The van der Waals surface area contributed by atoms with E-state index < -0.39 is 41.6 Å². The van der Waals surface area contributed by atoms with Crippen LogP contribution in [0.25, 0.3) is 0 Å². The summed E-state index contributed by atoms with van der Waals surface area (Å²) in [6.07, 6.45) is 1.37. The van der Waals surface area contributed by atoms with Crippen molar-refractivity contribution >= 4 is 35.4 Å². The topological polar surface area (TPSA) is 98.8 Å². The lowest BCUT2D eigenvalue weighted by Gasteiger charge is -2.27. The van der Waals surface area contributed by atoms with Crippen LogP contribution in [0, 0.1) is 11.8 Å². The van der Waals surface area contributed by atoms with E-state index in [0.29, 0.717) is 32.1 Å². The van der Waals surface area contributed by atoms with Gasteiger partial charge in [0, 0.05) is 19.3 Å². The molecule has 1 unspecified atom stereocenters. The second-order valence-electron chi connectivity index (χ2n) is 9.99. The zero-order chi connectivity index (χ0) is 24.7. The highest BCUT2D eigenvalue weighted by Gasteiger charge is 2.47. The minimum atomic E-state index is -0.959. The fraction of sp³-hybridized carbons (Fsp3) is 0.615. The number of alkyl carbamates (subject to hydrolysis) is 1. The van der Waals surface area contributed by atoms with Gasteiger partial charge in [-0.05, 0) is 57.1 Å². The molecule has 1 aromatic carbocycles. The zero-order valence-corrected chi connectivity index (χ0v) is 21.0. The fourth-order valence-corrected chi connectivity index (χ4v) is 5.39. The Bertz CT molecular complexity index is 861. The zero-order valence-electron chi connectivity index (χ0n) is 20.2. The SMILES string of the molecule is CC(C)(C)OC(=O)NC(Cc1ccccc1)[C@@H]1C[C@@H](C2C(=O)CCCSCCCC2=O)C(=O)O1. The molecule has 8 heteroatoms. The van der Waals surface area contributed by atoms with E-state index in [1.807, 2.05) is 30.3 Å². The number of cyclic esters (lactones) is 1. The van der Waals surface area contributed by atoms with Crippen molar-refractivity contribution in [2.75, 3.05) is 11.5 Å². The Labute approximate surface area is 205 Å². The standard InChI is InChI=1S/C26H35NO6S/c1-26(2,3)33-25(31)27-19(15-17-9-5-4-6-10-17)22-16-18(24(30)32-22)23-20(28)11-7-13-34-14-8-12-21(23)29/h4-6,9-10,18-19,22-23H,7-8,11-16H2,1-3H3,(H,27,31)/t18-,19?,22-/m0/s1. The Hall–Kier alpha value is -2.35. The van der Waals surface area contributed by atoms with Crippen molar-refractivity contribution < 1.29 is 28.7 Å². The summed E-state index contributed by atoms with van der Waals surface area (Å²) in [6, 6.07) is 9.03. The van der Waals surface area contributed by atoms with Gasteiger partial charge in [-0.25, -0.2) is 4.79 Å². The fourth-order valence-electron chi connectivity index (χ4n) is 4.49. The molecular weight excluding hydrogens is 454 g/mol. The maximum atomic E-state index is 12.9. The number of carbonyl (C=O) groups excluding carboxylic acids is 4. The summed E-state index contributed by atoms with van der Waals surface area (Å²) in [7, 11) is 0. The molecule has 0 spiro atoms. The van der Waals surface area contributed by atoms with Crippen molar-refractivity contribution in [3.05, 3.63) is 35.9 Å². The van der Waals surface area contributed by atoms with Crippen LogP contribution in [-0.4, -0.2) is 52.9 Å². The monoisotopic (exact) mass is 489 g/mol. The van der Waals surface area contributed by atoms with Gasteiger partial charge < -0.3 is 14.8 Å². The number of carbonyl (C=O) groups is 4. The van der Waals surface area contributed by atoms with Gasteiger partial charge in [-0.15, -0.1) is 0 Å². The van der Waals surface area contributed by atoms with Crippen molar-refractivity contribution in [2.45, 2.75) is 77.0 Å². The minimum absolute atomic E-state index is 0.171. The van der Waals surface area contributed by atoms with E-state index in [4.69, 9.17) is 9.47 Å². The number of esters is 1. The lowest BCUT2D eigenvalue weighted by atomic mass is 9.79. The van der Waals surface area contributed by atoms with Gasteiger partial charge >= 0.3 is 12.1 Å². The molecule has 186 valence electrons. The van der Waals surface area contributed by atoms with Crippen LogP contribution in [0.5, 0.6) is 0 Å². The Kier molecular flexibility index (Phi) is 9.17. The van der Waals surface area contributed by atoms with E-state index in [1.54, 1.807) is 32.5 Å². The number of Topliss-reactive ketones (excluding diaryl/α,β-unsaturated/α-hetero) is 2. The van der Waals surface area contributed by atoms with Crippen molar-refractivity contribution in [3.8, 4) is 0 Å². The quantitative estimate of drug-likeness (QED) is 0.491. The van der Waals surface area contributed by atoms with Crippen LogP contribution in [0.3, 0.4) is 0 Å². The summed E-state index contributed by atoms with van der Waals surface area (Å²) in [5.41, 5.74) is 0.287. The van der Waals surface area contributed by atoms with Crippen LogP contribution in [0.1, 0.15) is 58.4 Å². The van der Waals surface area contributed by atoms with Crippen molar-refractivity contribution in [1.29, 1.82) is 0 Å². The predicted molar refractivity (Wildman–Crippen MR) is 131 cm³/mol. The van der Waals surface area contributed by atoms with Crippen LogP contribution < -0.4 is 5.32 Å². The van der Waals surface area contributed by atoms with Gasteiger partial charge in [-0.3, -0.25) is 14.4 Å². The molecule has 0 aliphatic carbocycles. The molecule has 0 bridgehead atoms. The second kappa shape index (κ2) is 11.9. The smallest absolute Gasteiger partial charge is 0.408 e. The highest BCUT2D eigenvalue weighted by Crippen LogP contribution is 2.34. The number of nitrogens with one attached hydrogen (secondary N) is 1. The normalized spacial score (nSPS) is 23.8. The first-order chi connectivity index (χ1) is 16.1. The molecule has 1 N–H and O–H groups in total. The van der Waals surface area contributed by atoms with Crippen LogP contribution in [0.4, 0.5) is 4.79 Å². The minimum Gasteiger partial charge on any atom is -0.460 e. The Balaban J connectivity index is 1.78. The van der Waals surface area contributed by atoms with Crippen molar-refractivity contribution in [2.24, 2.45) is 11.8 Å². The molecule has 2 saturated heterocycles. The van der Waals surface area contributed by atoms with Crippen LogP contribution in [0.15, 0.2) is 30.3 Å². The third kappa shape index (κ3) is 7.58. The number of ether oxygens (including phenoxy) is 2. The molecule has 2 aliphatic rings. The first-order valence-corrected chi connectivity index (χ1v) is 13.2. The number of hydrogen-bond acceptors (Lipinski definition) is 7. The number of ketones is 2. The molecule has 2 fully saturated rings. The van der Waals surface area contributed by atoms with Crippen molar-refractivity contribution in [3.63, 3.8) is 0 Å². The maximum Gasteiger partial charge on any atom is 0.408 e. The van der Waals surface area contributed by atoms with E-state index >= 15 is 0 Å². The highest BCUT2D eigenvalue weighted by atomic mass is 32.2. The Morgan fingerprint density at radius 3 is 2.29 bits per heavy atom. The summed E-state index contributed by atoms with van der Waals surface area (Å²) in [6.45, 7) is 5.33. The molecule has 7 nitrogen and oxygen atoms in total. The van der Waals surface area contributed by atoms with Gasteiger partial charge in [-0.1, -0.05) is 30.3 Å². The third-order valence-electron chi connectivity index (χ3n) is 6.03. The number of hydrogen-bond donors (Lipinski definition) is 1. The summed E-state index contributed by atoms with van der Waals surface area (Å²) < 4.78 is 11.1.